The quantitative estimate of drug-likeness (QED) is 0.890. The third kappa shape index (κ3) is 5.12. The molecular formula is C17H29N3. The van der Waals surface area contributed by atoms with E-state index in [9.17, 15) is 0 Å². The van der Waals surface area contributed by atoms with Gasteiger partial charge in [-0.3, -0.25) is 0 Å². The molecule has 112 valence electrons. The van der Waals surface area contributed by atoms with Gasteiger partial charge in [0.25, 0.3) is 0 Å². The van der Waals surface area contributed by atoms with Crippen molar-refractivity contribution in [1.29, 1.82) is 0 Å². The van der Waals surface area contributed by atoms with Crippen LogP contribution in [-0.4, -0.2) is 24.6 Å². The van der Waals surface area contributed by atoms with E-state index in [0.29, 0.717) is 5.92 Å². The van der Waals surface area contributed by atoms with Gasteiger partial charge in [0.2, 0.25) is 0 Å². The molecule has 1 N–H and O–H groups in total. The zero-order valence-electron chi connectivity index (χ0n) is 13.1. The first-order valence-electron chi connectivity index (χ1n) is 8.16. The van der Waals surface area contributed by atoms with Crippen molar-refractivity contribution in [2.75, 3.05) is 24.5 Å². The Bertz CT molecular complexity index is 382. The van der Waals surface area contributed by atoms with Crippen molar-refractivity contribution in [3.63, 3.8) is 0 Å². The van der Waals surface area contributed by atoms with Crippen molar-refractivity contribution in [3.8, 4) is 0 Å². The van der Waals surface area contributed by atoms with Crippen molar-refractivity contribution >= 4 is 5.82 Å². The number of aromatic nitrogens is 1. The molecule has 0 aliphatic carbocycles. The maximum atomic E-state index is 4.58. The summed E-state index contributed by atoms with van der Waals surface area (Å²) in [6.07, 6.45) is 8.70. The van der Waals surface area contributed by atoms with Crippen molar-refractivity contribution < 1.29 is 0 Å². The topological polar surface area (TPSA) is 28.2 Å². The molecule has 0 atom stereocenters. The lowest BCUT2D eigenvalue weighted by Gasteiger charge is -2.26. The summed E-state index contributed by atoms with van der Waals surface area (Å²) in [6, 6.07) is 4.38. The number of hydrogen-bond donors (Lipinski definition) is 1. The van der Waals surface area contributed by atoms with Crippen LogP contribution in [0.4, 0.5) is 5.82 Å². The Balaban J connectivity index is 1.93. The van der Waals surface area contributed by atoms with Crippen LogP contribution in [0.1, 0.15) is 51.5 Å². The Hall–Kier alpha value is -1.09. The standard InChI is InChI=1S/C17H29N3/c1-15(2)13-18-14-16-8-9-19-17(12-16)20-10-6-4-3-5-7-11-20/h8-9,12,15,18H,3-7,10-11,13-14H2,1-2H3. The number of pyridine rings is 1. The third-order valence-corrected chi connectivity index (χ3v) is 3.87. The van der Waals surface area contributed by atoms with Gasteiger partial charge in [0.15, 0.2) is 0 Å². The van der Waals surface area contributed by atoms with Crippen LogP contribution in [-0.2, 0) is 6.54 Å². The molecule has 1 aliphatic rings. The van der Waals surface area contributed by atoms with Gasteiger partial charge >= 0.3 is 0 Å². The van der Waals surface area contributed by atoms with Crippen LogP contribution in [0, 0.1) is 5.92 Å². The average Bonchev–Trinajstić information content (AvgIpc) is 2.38. The molecule has 0 unspecified atom stereocenters. The molecule has 0 bridgehead atoms. The Morgan fingerprint density at radius 2 is 1.85 bits per heavy atom. The van der Waals surface area contributed by atoms with Crippen LogP contribution < -0.4 is 10.2 Å². The van der Waals surface area contributed by atoms with Gasteiger partial charge in [0.05, 0.1) is 0 Å². The van der Waals surface area contributed by atoms with Crippen LogP contribution >= 0.6 is 0 Å². The lowest BCUT2D eigenvalue weighted by Crippen LogP contribution is -2.28. The number of nitrogens with one attached hydrogen (secondary N) is 1. The highest BCUT2D eigenvalue weighted by Gasteiger charge is 2.10. The van der Waals surface area contributed by atoms with Crippen LogP contribution in [0.3, 0.4) is 0 Å². The van der Waals surface area contributed by atoms with Crippen LogP contribution in [0.5, 0.6) is 0 Å². The third-order valence-electron chi connectivity index (χ3n) is 3.87. The normalized spacial score (nSPS) is 17.1. The Morgan fingerprint density at radius 1 is 1.15 bits per heavy atom. The highest BCUT2D eigenvalue weighted by atomic mass is 15.2. The number of nitrogens with zero attached hydrogens (tertiary/aromatic N) is 2. The maximum absolute atomic E-state index is 4.58. The second-order valence-electron chi connectivity index (χ2n) is 6.30. The monoisotopic (exact) mass is 275 g/mol. The summed E-state index contributed by atoms with van der Waals surface area (Å²) < 4.78 is 0. The second-order valence-corrected chi connectivity index (χ2v) is 6.30. The van der Waals surface area contributed by atoms with Crippen LogP contribution in [0.15, 0.2) is 18.3 Å². The summed E-state index contributed by atoms with van der Waals surface area (Å²) in [5.74, 6) is 1.86. The molecule has 1 saturated heterocycles. The molecule has 3 heteroatoms. The molecule has 0 saturated carbocycles. The fourth-order valence-corrected chi connectivity index (χ4v) is 2.73. The minimum absolute atomic E-state index is 0.700. The van der Waals surface area contributed by atoms with Gasteiger partial charge in [-0.1, -0.05) is 33.1 Å². The van der Waals surface area contributed by atoms with Gasteiger partial charge in [-0.15, -0.1) is 0 Å². The van der Waals surface area contributed by atoms with E-state index in [-0.39, 0.29) is 0 Å². The van der Waals surface area contributed by atoms with Crippen molar-refractivity contribution in [2.24, 2.45) is 5.92 Å². The smallest absolute Gasteiger partial charge is 0.128 e. The fraction of sp³-hybridized carbons (Fsp3) is 0.706. The number of hydrogen-bond acceptors (Lipinski definition) is 3. The van der Waals surface area contributed by atoms with Crippen molar-refractivity contribution in [2.45, 2.75) is 52.5 Å². The summed E-state index contributed by atoms with van der Waals surface area (Å²) >= 11 is 0. The fourth-order valence-electron chi connectivity index (χ4n) is 2.73. The molecule has 0 amide bonds. The van der Waals surface area contributed by atoms with E-state index in [0.717, 1.165) is 32.0 Å². The molecule has 2 heterocycles. The van der Waals surface area contributed by atoms with E-state index in [4.69, 9.17) is 0 Å². The van der Waals surface area contributed by atoms with Gasteiger partial charge in [0.1, 0.15) is 5.82 Å². The zero-order chi connectivity index (χ0) is 14.2. The zero-order valence-corrected chi connectivity index (χ0v) is 13.1. The summed E-state index contributed by atoms with van der Waals surface area (Å²) in [5.41, 5.74) is 1.35. The van der Waals surface area contributed by atoms with E-state index in [2.05, 4.69) is 41.2 Å². The molecule has 1 fully saturated rings. The lowest BCUT2D eigenvalue weighted by molar-refractivity contribution is 0.549. The highest BCUT2D eigenvalue weighted by Crippen LogP contribution is 2.18. The predicted octanol–water partition coefficient (Wildman–Crippen LogP) is 3.60. The minimum Gasteiger partial charge on any atom is -0.357 e. The predicted molar refractivity (Wildman–Crippen MR) is 86.1 cm³/mol. The maximum Gasteiger partial charge on any atom is 0.128 e. The van der Waals surface area contributed by atoms with Gasteiger partial charge < -0.3 is 10.2 Å². The largest absolute Gasteiger partial charge is 0.357 e. The van der Waals surface area contributed by atoms with E-state index in [1.165, 1.54) is 37.7 Å². The van der Waals surface area contributed by atoms with Crippen LogP contribution in [0.25, 0.3) is 0 Å². The molecular weight excluding hydrogens is 246 g/mol. The minimum atomic E-state index is 0.700. The summed E-state index contributed by atoms with van der Waals surface area (Å²) in [5, 5.41) is 3.51. The SMILES string of the molecule is CC(C)CNCc1ccnc(N2CCCCCCC2)c1. The summed E-state index contributed by atoms with van der Waals surface area (Å²) in [6.45, 7) is 8.82. The molecule has 2 rings (SSSR count). The average molecular weight is 275 g/mol. The molecule has 0 radical (unpaired) electrons. The molecule has 1 aromatic rings. The van der Waals surface area contributed by atoms with Crippen molar-refractivity contribution in [3.05, 3.63) is 23.9 Å². The molecule has 3 nitrogen and oxygen atoms in total. The second kappa shape index (κ2) is 8.25. The summed E-state index contributed by atoms with van der Waals surface area (Å²) in [7, 11) is 0. The van der Waals surface area contributed by atoms with Crippen LogP contribution in [0.2, 0.25) is 0 Å². The van der Waals surface area contributed by atoms with E-state index < -0.39 is 0 Å². The molecule has 0 aromatic carbocycles. The van der Waals surface area contributed by atoms with E-state index in [1.807, 2.05) is 6.20 Å². The van der Waals surface area contributed by atoms with Gasteiger partial charge in [-0.2, -0.15) is 0 Å². The first kappa shape index (κ1) is 15.3. The lowest BCUT2D eigenvalue weighted by atomic mass is 10.1. The molecule has 1 aromatic heterocycles. The first-order valence-corrected chi connectivity index (χ1v) is 8.16. The van der Waals surface area contributed by atoms with Gasteiger partial charge in [0, 0.05) is 25.8 Å². The first-order chi connectivity index (χ1) is 9.75. The highest BCUT2D eigenvalue weighted by molar-refractivity contribution is 5.41. The van der Waals surface area contributed by atoms with E-state index >= 15 is 0 Å². The molecule has 0 spiro atoms. The Kier molecular flexibility index (Phi) is 6.31. The summed E-state index contributed by atoms with van der Waals surface area (Å²) in [4.78, 5) is 7.04. The molecule has 20 heavy (non-hydrogen) atoms. The van der Waals surface area contributed by atoms with E-state index in [1.54, 1.807) is 0 Å². The van der Waals surface area contributed by atoms with Gasteiger partial charge in [-0.05, 0) is 43.0 Å². The van der Waals surface area contributed by atoms with Gasteiger partial charge in [-0.25, -0.2) is 4.98 Å². The molecule has 1 aliphatic heterocycles. The Labute approximate surface area is 123 Å². The number of rotatable bonds is 5. The Morgan fingerprint density at radius 3 is 2.55 bits per heavy atom. The number of anilines is 1. The van der Waals surface area contributed by atoms with Crippen molar-refractivity contribution in [1.82, 2.24) is 10.3 Å².